The minimum atomic E-state index is -0.944. The van der Waals surface area contributed by atoms with Crippen LogP contribution in [0.1, 0.15) is 29.8 Å². The number of hydrogen-bond acceptors (Lipinski definition) is 3. The van der Waals surface area contributed by atoms with E-state index in [-0.39, 0.29) is 12.3 Å². The maximum atomic E-state index is 12.4. The van der Waals surface area contributed by atoms with Crippen molar-refractivity contribution in [3.05, 3.63) is 59.7 Å². The highest BCUT2D eigenvalue weighted by atomic mass is 16.5. The average molecular weight is 327 g/mol. The summed E-state index contributed by atoms with van der Waals surface area (Å²) < 4.78 is 5.63. The number of nitrogens with one attached hydrogen (secondary N) is 1. The van der Waals surface area contributed by atoms with Crippen molar-refractivity contribution in [3.8, 4) is 5.75 Å². The zero-order chi connectivity index (χ0) is 17.5. The van der Waals surface area contributed by atoms with Crippen molar-refractivity contribution in [2.45, 2.75) is 20.3 Å². The molecule has 0 aromatic heterocycles. The largest absolute Gasteiger partial charge is 0.493 e. The molecule has 0 heterocycles. The molecule has 0 bridgehead atoms. The molecule has 2 rings (SSSR count). The number of aliphatic carboxylic acids is 1. The van der Waals surface area contributed by atoms with Gasteiger partial charge in [0.1, 0.15) is 5.75 Å². The Morgan fingerprint density at radius 1 is 1.12 bits per heavy atom. The quantitative estimate of drug-likeness (QED) is 0.815. The van der Waals surface area contributed by atoms with Crippen LogP contribution in [-0.2, 0) is 11.2 Å². The fraction of sp³-hybridized carbons (Fsp3) is 0.263. The predicted octanol–water partition coefficient (Wildman–Crippen LogP) is 3.60. The number of carbonyl (C=O) groups is 2. The summed E-state index contributed by atoms with van der Waals surface area (Å²) in [6.45, 7) is 4.68. The minimum absolute atomic E-state index is 0.145. The van der Waals surface area contributed by atoms with Gasteiger partial charge < -0.3 is 15.2 Å². The number of ether oxygens (including phenoxy) is 1. The topological polar surface area (TPSA) is 75.6 Å². The van der Waals surface area contributed by atoms with E-state index in [9.17, 15) is 9.59 Å². The van der Waals surface area contributed by atoms with Gasteiger partial charge in [-0.3, -0.25) is 9.59 Å². The van der Waals surface area contributed by atoms with Crippen LogP contribution in [0.3, 0.4) is 0 Å². The normalized spacial score (nSPS) is 10.5. The average Bonchev–Trinajstić information content (AvgIpc) is 2.54. The van der Waals surface area contributed by atoms with Gasteiger partial charge in [0.25, 0.3) is 5.91 Å². The van der Waals surface area contributed by atoms with E-state index in [1.54, 1.807) is 48.5 Å². The van der Waals surface area contributed by atoms with Gasteiger partial charge in [-0.05, 0) is 35.7 Å². The third kappa shape index (κ3) is 5.12. The molecule has 2 aromatic rings. The van der Waals surface area contributed by atoms with Gasteiger partial charge in [0, 0.05) is 11.3 Å². The molecule has 24 heavy (non-hydrogen) atoms. The summed E-state index contributed by atoms with van der Waals surface area (Å²) in [6.07, 6.45) is -0.145. The standard InChI is InChI=1S/C19H21NO4/c1-13(2)12-24-16-8-5-7-15(10-16)19(23)20-17-9-4-3-6-14(17)11-18(21)22/h3-10,13H,11-12H2,1-2H3,(H,20,23)(H,21,22). The lowest BCUT2D eigenvalue weighted by atomic mass is 10.1. The Balaban J connectivity index is 2.13. The maximum Gasteiger partial charge on any atom is 0.307 e. The fourth-order valence-electron chi connectivity index (χ4n) is 2.14. The molecule has 0 fully saturated rings. The summed E-state index contributed by atoms with van der Waals surface area (Å²) in [5, 5.41) is 11.7. The molecular formula is C19H21NO4. The van der Waals surface area contributed by atoms with E-state index < -0.39 is 5.97 Å². The summed E-state index contributed by atoms with van der Waals surface area (Å²) in [5.74, 6) is -0.218. The maximum absolute atomic E-state index is 12.4. The van der Waals surface area contributed by atoms with Gasteiger partial charge in [-0.2, -0.15) is 0 Å². The van der Waals surface area contributed by atoms with Crippen molar-refractivity contribution in [2.24, 2.45) is 5.92 Å². The molecule has 2 aromatic carbocycles. The van der Waals surface area contributed by atoms with Gasteiger partial charge in [0.2, 0.25) is 0 Å². The number of carboxylic acids is 1. The highest BCUT2D eigenvalue weighted by Gasteiger charge is 2.11. The minimum Gasteiger partial charge on any atom is -0.493 e. The third-order valence-corrected chi connectivity index (χ3v) is 3.29. The summed E-state index contributed by atoms with van der Waals surface area (Å²) in [5.41, 5.74) is 1.52. The molecular weight excluding hydrogens is 306 g/mol. The molecule has 0 saturated carbocycles. The first-order valence-electron chi connectivity index (χ1n) is 7.79. The van der Waals surface area contributed by atoms with Crippen molar-refractivity contribution >= 4 is 17.6 Å². The van der Waals surface area contributed by atoms with E-state index >= 15 is 0 Å². The SMILES string of the molecule is CC(C)COc1cccc(C(=O)Nc2ccccc2CC(=O)O)c1. The summed E-state index contributed by atoms with van der Waals surface area (Å²) in [7, 11) is 0. The van der Waals surface area contributed by atoms with Crippen LogP contribution in [0, 0.1) is 5.92 Å². The molecule has 5 heteroatoms. The Labute approximate surface area is 141 Å². The molecule has 2 N–H and O–H groups in total. The monoisotopic (exact) mass is 327 g/mol. The van der Waals surface area contributed by atoms with Crippen LogP contribution in [0.2, 0.25) is 0 Å². The van der Waals surface area contributed by atoms with Crippen LogP contribution in [0.4, 0.5) is 5.69 Å². The molecule has 1 amide bonds. The van der Waals surface area contributed by atoms with Crippen molar-refractivity contribution in [3.63, 3.8) is 0 Å². The lowest BCUT2D eigenvalue weighted by Crippen LogP contribution is -2.14. The van der Waals surface area contributed by atoms with Gasteiger partial charge >= 0.3 is 5.97 Å². The van der Waals surface area contributed by atoms with Gasteiger partial charge in [-0.1, -0.05) is 38.1 Å². The molecule has 126 valence electrons. The molecule has 0 aliphatic heterocycles. The second-order valence-corrected chi connectivity index (χ2v) is 5.91. The van der Waals surface area contributed by atoms with Crippen LogP contribution in [0.25, 0.3) is 0 Å². The number of amides is 1. The second kappa shape index (κ2) is 8.15. The third-order valence-electron chi connectivity index (χ3n) is 3.29. The van der Waals surface area contributed by atoms with Crippen molar-refractivity contribution in [1.82, 2.24) is 0 Å². The zero-order valence-electron chi connectivity index (χ0n) is 13.8. The van der Waals surface area contributed by atoms with Crippen LogP contribution in [0.5, 0.6) is 5.75 Å². The van der Waals surface area contributed by atoms with Crippen molar-refractivity contribution < 1.29 is 19.4 Å². The molecule has 5 nitrogen and oxygen atoms in total. The van der Waals surface area contributed by atoms with E-state index in [4.69, 9.17) is 9.84 Å². The van der Waals surface area contributed by atoms with E-state index in [2.05, 4.69) is 19.2 Å². The fourth-order valence-corrected chi connectivity index (χ4v) is 2.14. The van der Waals surface area contributed by atoms with Gasteiger partial charge in [-0.15, -0.1) is 0 Å². The zero-order valence-corrected chi connectivity index (χ0v) is 13.8. The Bertz CT molecular complexity index is 725. The highest BCUT2D eigenvalue weighted by molar-refractivity contribution is 6.05. The highest BCUT2D eigenvalue weighted by Crippen LogP contribution is 2.19. The number of carboxylic acid groups (broad SMARTS) is 1. The smallest absolute Gasteiger partial charge is 0.307 e. The van der Waals surface area contributed by atoms with E-state index in [1.807, 2.05) is 0 Å². The van der Waals surface area contributed by atoms with Gasteiger partial charge in [0.05, 0.1) is 13.0 Å². The Morgan fingerprint density at radius 3 is 2.58 bits per heavy atom. The summed E-state index contributed by atoms with van der Waals surface area (Å²) in [4.78, 5) is 23.3. The van der Waals surface area contributed by atoms with Crippen LogP contribution in [0.15, 0.2) is 48.5 Å². The Hall–Kier alpha value is -2.82. The van der Waals surface area contributed by atoms with Crippen LogP contribution >= 0.6 is 0 Å². The number of carbonyl (C=O) groups excluding carboxylic acids is 1. The first-order chi connectivity index (χ1) is 11.5. The number of anilines is 1. The Kier molecular flexibility index (Phi) is 5.95. The molecule has 0 aliphatic rings. The molecule has 0 aliphatic carbocycles. The number of hydrogen-bond donors (Lipinski definition) is 2. The number of benzene rings is 2. The van der Waals surface area contributed by atoms with Gasteiger partial charge in [-0.25, -0.2) is 0 Å². The summed E-state index contributed by atoms with van der Waals surface area (Å²) >= 11 is 0. The number of rotatable bonds is 7. The first-order valence-corrected chi connectivity index (χ1v) is 7.79. The number of para-hydroxylation sites is 1. The van der Waals surface area contributed by atoms with E-state index in [0.29, 0.717) is 35.1 Å². The Morgan fingerprint density at radius 2 is 1.88 bits per heavy atom. The molecule has 0 spiro atoms. The van der Waals surface area contributed by atoms with E-state index in [0.717, 1.165) is 0 Å². The second-order valence-electron chi connectivity index (χ2n) is 5.91. The van der Waals surface area contributed by atoms with Gasteiger partial charge in [0.15, 0.2) is 0 Å². The molecule has 0 atom stereocenters. The van der Waals surface area contributed by atoms with Crippen molar-refractivity contribution in [1.29, 1.82) is 0 Å². The van der Waals surface area contributed by atoms with Crippen molar-refractivity contribution in [2.75, 3.05) is 11.9 Å². The first kappa shape index (κ1) is 17.5. The lowest BCUT2D eigenvalue weighted by Gasteiger charge is -2.12. The van der Waals surface area contributed by atoms with Crippen LogP contribution < -0.4 is 10.1 Å². The van der Waals surface area contributed by atoms with E-state index in [1.165, 1.54) is 0 Å². The summed E-state index contributed by atoms with van der Waals surface area (Å²) in [6, 6.07) is 13.8. The molecule has 0 radical (unpaired) electrons. The lowest BCUT2D eigenvalue weighted by molar-refractivity contribution is -0.136. The molecule has 0 saturated heterocycles. The molecule has 0 unspecified atom stereocenters. The van der Waals surface area contributed by atoms with Crippen LogP contribution in [-0.4, -0.2) is 23.6 Å². The predicted molar refractivity (Wildman–Crippen MR) is 92.5 cm³/mol.